The lowest BCUT2D eigenvalue weighted by Gasteiger charge is -2.23. The summed E-state index contributed by atoms with van der Waals surface area (Å²) in [6.45, 7) is 2.75. The molecule has 1 heterocycles. The Kier molecular flexibility index (Phi) is 6.39. The maximum Gasteiger partial charge on any atom is 0.0991 e. The number of benzene rings is 3. The average Bonchev–Trinajstić information content (AvgIpc) is 3.27. The van der Waals surface area contributed by atoms with Crippen LogP contribution in [0.3, 0.4) is 0 Å². The highest BCUT2D eigenvalue weighted by Gasteiger charge is 2.11. The lowest BCUT2D eigenvalue weighted by atomic mass is 10.1. The molecular formula is C27H25N3. The first-order chi connectivity index (χ1) is 14.8. The largest absolute Gasteiger partial charge is 0.320 e. The molecule has 3 aromatic carbocycles. The van der Waals surface area contributed by atoms with Gasteiger partial charge in [0.05, 0.1) is 11.6 Å². The molecule has 0 radical (unpaired) electrons. The third-order valence-electron chi connectivity index (χ3n) is 5.30. The van der Waals surface area contributed by atoms with Crippen molar-refractivity contribution < 1.29 is 0 Å². The molecule has 0 fully saturated rings. The van der Waals surface area contributed by atoms with Crippen molar-refractivity contribution in [3.63, 3.8) is 0 Å². The minimum atomic E-state index is 0.682. The fraction of sp³-hybridized carbons (Fsp3) is 0.148. The van der Waals surface area contributed by atoms with E-state index in [2.05, 4.69) is 94.5 Å². The molecule has 0 saturated heterocycles. The summed E-state index contributed by atoms with van der Waals surface area (Å²) in [5.74, 6) is 0. The van der Waals surface area contributed by atoms with Crippen LogP contribution in [0.1, 0.15) is 22.4 Å². The Labute approximate surface area is 178 Å². The van der Waals surface area contributed by atoms with Crippen LogP contribution in [0, 0.1) is 11.3 Å². The van der Waals surface area contributed by atoms with Crippen molar-refractivity contribution in [1.29, 1.82) is 5.26 Å². The van der Waals surface area contributed by atoms with E-state index in [4.69, 9.17) is 5.26 Å². The van der Waals surface area contributed by atoms with Crippen molar-refractivity contribution in [2.45, 2.75) is 19.5 Å². The molecule has 0 spiro atoms. The molecule has 0 atom stereocenters. The van der Waals surface area contributed by atoms with Crippen LogP contribution in [0.5, 0.6) is 0 Å². The van der Waals surface area contributed by atoms with Gasteiger partial charge in [-0.25, -0.2) is 0 Å². The summed E-state index contributed by atoms with van der Waals surface area (Å²) in [6, 6.07) is 35.5. The first-order valence-electron chi connectivity index (χ1n) is 10.3. The van der Waals surface area contributed by atoms with E-state index in [1.165, 1.54) is 16.8 Å². The van der Waals surface area contributed by atoms with Crippen LogP contribution in [0.4, 0.5) is 0 Å². The standard InChI is InChI=1S/C27H25N3/c28-20-24-13-15-26(16-14-24)30-18-7-12-27(30)22-29(21-25-10-5-2-6-11-25)19-17-23-8-3-1-4-9-23/h1-16,18H,17,19,21-22H2. The van der Waals surface area contributed by atoms with Gasteiger partial charge in [-0.05, 0) is 53.9 Å². The Balaban J connectivity index is 1.54. The predicted octanol–water partition coefficient (Wildman–Crippen LogP) is 5.59. The van der Waals surface area contributed by atoms with E-state index in [9.17, 15) is 0 Å². The monoisotopic (exact) mass is 391 g/mol. The highest BCUT2D eigenvalue weighted by atomic mass is 15.1. The summed E-state index contributed by atoms with van der Waals surface area (Å²) in [6.07, 6.45) is 3.11. The highest BCUT2D eigenvalue weighted by Crippen LogP contribution is 2.17. The van der Waals surface area contributed by atoms with Crippen molar-refractivity contribution in [2.75, 3.05) is 6.54 Å². The minimum absolute atomic E-state index is 0.682. The van der Waals surface area contributed by atoms with E-state index >= 15 is 0 Å². The smallest absolute Gasteiger partial charge is 0.0991 e. The van der Waals surface area contributed by atoms with Gasteiger partial charge in [-0.2, -0.15) is 5.26 Å². The molecule has 3 heteroatoms. The van der Waals surface area contributed by atoms with Gasteiger partial charge in [-0.15, -0.1) is 0 Å². The summed E-state index contributed by atoms with van der Waals surface area (Å²) < 4.78 is 2.21. The molecule has 0 saturated carbocycles. The van der Waals surface area contributed by atoms with Crippen LogP contribution in [0.2, 0.25) is 0 Å². The summed E-state index contributed by atoms with van der Waals surface area (Å²) >= 11 is 0. The number of rotatable bonds is 8. The minimum Gasteiger partial charge on any atom is -0.320 e. The number of hydrogen-bond acceptors (Lipinski definition) is 2. The van der Waals surface area contributed by atoms with Crippen LogP contribution in [-0.2, 0) is 19.5 Å². The average molecular weight is 392 g/mol. The molecule has 0 unspecified atom stereocenters. The molecule has 0 bridgehead atoms. The van der Waals surface area contributed by atoms with Gasteiger partial charge in [0.15, 0.2) is 0 Å². The molecule has 0 aliphatic rings. The van der Waals surface area contributed by atoms with Gasteiger partial charge in [-0.3, -0.25) is 4.90 Å². The third kappa shape index (κ3) is 5.05. The number of hydrogen-bond donors (Lipinski definition) is 0. The molecule has 0 aliphatic heterocycles. The molecule has 30 heavy (non-hydrogen) atoms. The van der Waals surface area contributed by atoms with Gasteiger partial charge in [0.2, 0.25) is 0 Å². The third-order valence-corrected chi connectivity index (χ3v) is 5.30. The molecule has 4 rings (SSSR count). The fourth-order valence-corrected chi connectivity index (χ4v) is 3.71. The van der Waals surface area contributed by atoms with Crippen LogP contribution in [-0.4, -0.2) is 16.0 Å². The Bertz CT molecular complexity index is 1090. The first-order valence-corrected chi connectivity index (χ1v) is 10.3. The highest BCUT2D eigenvalue weighted by molar-refractivity contribution is 5.41. The Morgan fingerprint density at radius 2 is 1.37 bits per heavy atom. The maximum atomic E-state index is 9.06. The zero-order chi connectivity index (χ0) is 20.6. The number of aromatic nitrogens is 1. The van der Waals surface area contributed by atoms with E-state index in [1.807, 2.05) is 24.3 Å². The van der Waals surface area contributed by atoms with Gasteiger partial charge in [-0.1, -0.05) is 60.7 Å². The second-order valence-corrected chi connectivity index (χ2v) is 7.46. The van der Waals surface area contributed by atoms with Crippen molar-refractivity contribution >= 4 is 0 Å². The van der Waals surface area contributed by atoms with E-state index < -0.39 is 0 Å². The number of nitrogens with zero attached hydrogens (tertiary/aromatic N) is 3. The Morgan fingerprint density at radius 1 is 0.700 bits per heavy atom. The summed E-state index contributed by atoms with van der Waals surface area (Å²) in [7, 11) is 0. The van der Waals surface area contributed by atoms with Gasteiger partial charge in [0, 0.05) is 37.2 Å². The predicted molar refractivity (Wildman–Crippen MR) is 121 cm³/mol. The van der Waals surface area contributed by atoms with Crippen molar-refractivity contribution in [1.82, 2.24) is 9.47 Å². The second kappa shape index (κ2) is 9.73. The number of nitriles is 1. The summed E-state index contributed by atoms with van der Waals surface area (Å²) in [4.78, 5) is 2.50. The molecule has 4 aromatic rings. The zero-order valence-electron chi connectivity index (χ0n) is 17.0. The van der Waals surface area contributed by atoms with Gasteiger partial charge < -0.3 is 4.57 Å². The van der Waals surface area contributed by atoms with Gasteiger partial charge >= 0.3 is 0 Å². The molecular weight excluding hydrogens is 366 g/mol. The van der Waals surface area contributed by atoms with Crippen molar-refractivity contribution in [3.8, 4) is 11.8 Å². The molecule has 0 aliphatic carbocycles. The summed E-state index contributed by atoms with van der Waals surface area (Å²) in [5, 5.41) is 9.06. The van der Waals surface area contributed by atoms with Crippen molar-refractivity contribution in [2.24, 2.45) is 0 Å². The van der Waals surface area contributed by atoms with Crippen LogP contribution in [0.25, 0.3) is 5.69 Å². The first kappa shape index (κ1) is 19.7. The molecule has 0 N–H and O–H groups in total. The lowest BCUT2D eigenvalue weighted by molar-refractivity contribution is 0.255. The van der Waals surface area contributed by atoms with Gasteiger partial charge in [0.25, 0.3) is 0 Å². The molecule has 1 aromatic heterocycles. The van der Waals surface area contributed by atoms with E-state index in [-0.39, 0.29) is 0 Å². The van der Waals surface area contributed by atoms with Crippen LogP contribution < -0.4 is 0 Å². The molecule has 3 nitrogen and oxygen atoms in total. The molecule has 148 valence electrons. The Morgan fingerprint density at radius 3 is 2.03 bits per heavy atom. The topological polar surface area (TPSA) is 32.0 Å². The Hall–Kier alpha value is -3.61. The lowest BCUT2D eigenvalue weighted by Crippen LogP contribution is -2.26. The molecule has 0 amide bonds. The SMILES string of the molecule is N#Cc1ccc(-n2cccc2CN(CCc2ccccc2)Cc2ccccc2)cc1. The van der Waals surface area contributed by atoms with Crippen LogP contribution >= 0.6 is 0 Å². The van der Waals surface area contributed by atoms with E-state index in [0.29, 0.717) is 5.56 Å². The van der Waals surface area contributed by atoms with Crippen LogP contribution in [0.15, 0.2) is 103 Å². The quantitative estimate of drug-likeness (QED) is 0.392. The maximum absolute atomic E-state index is 9.06. The normalized spacial score (nSPS) is 10.8. The zero-order valence-corrected chi connectivity index (χ0v) is 17.0. The summed E-state index contributed by atoms with van der Waals surface area (Å²) in [5.41, 5.74) is 5.68. The van der Waals surface area contributed by atoms with Crippen molar-refractivity contribution in [3.05, 3.63) is 126 Å². The second-order valence-electron chi connectivity index (χ2n) is 7.46. The van der Waals surface area contributed by atoms with Gasteiger partial charge in [0.1, 0.15) is 0 Å². The van der Waals surface area contributed by atoms with E-state index in [0.717, 1.165) is 31.7 Å². The fourth-order valence-electron chi connectivity index (χ4n) is 3.71. The van der Waals surface area contributed by atoms with E-state index in [1.54, 1.807) is 0 Å².